The Balaban J connectivity index is 1.53. The van der Waals surface area contributed by atoms with Crippen molar-refractivity contribution in [3.05, 3.63) is 101 Å². The lowest BCUT2D eigenvalue weighted by Crippen LogP contribution is -2.47. The molecule has 5 rings (SSSR count). The maximum Gasteiger partial charge on any atom is 0.416 e. The number of aliphatic imine (C=N–C) groups is 1. The van der Waals surface area contributed by atoms with Crippen molar-refractivity contribution < 1.29 is 22.8 Å². The largest absolute Gasteiger partial charge is 0.416 e. The Labute approximate surface area is 187 Å². The van der Waals surface area contributed by atoms with E-state index < -0.39 is 23.8 Å². The highest BCUT2D eigenvalue weighted by molar-refractivity contribution is 6.21. The van der Waals surface area contributed by atoms with Crippen molar-refractivity contribution in [2.45, 2.75) is 18.8 Å². The molecule has 3 aromatic carbocycles. The van der Waals surface area contributed by atoms with E-state index in [0.29, 0.717) is 18.7 Å². The third-order valence-corrected chi connectivity index (χ3v) is 5.80. The zero-order valence-electron chi connectivity index (χ0n) is 17.3. The monoisotopic (exact) mass is 449 g/mol. The van der Waals surface area contributed by atoms with E-state index in [2.05, 4.69) is 10.3 Å². The average molecular weight is 449 g/mol. The van der Waals surface area contributed by atoms with Crippen LogP contribution in [0, 0.1) is 0 Å². The molecule has 166 valence electrons. The summed E-state index contributed by atoms with van der Waals surface area (Å²) in [5.74, 6) is -1.06. The summed E-state index contributed by atoms with van der Waals surface area (Å²) in [6.07, 6.45) is -5.02. The molecule has 2 heterocycles. The van der Waals surface area contributed by atoms with E-state index >= 15 is 0 Å². The van der Waals surface area contributed by atoms with Gasteiger partial charge in [0.05, 0.1) is 17.0 Å². The Morgan fingerprint density at radius 3 is 2.39 bits per heavy atom. The maximum absolute atomic E-state index is 13.4. The molecule has 0 spiro atoms. The van der Waals surface area contributed by atoms with Gasteiger partial charge in [-0.15, -0.1) is 0 Å². The topological polar surface area (TPSA) is 61.8 Å². The van der Waals surface area contributed by atoms with Crippen molar-refractivity contribution in [2.24, 2.45) is 4.99 Å². The first kappa shape index (κ1) is 20.9. The minimum absolute atomic E-state index is 0.0103. The van der Waals surface area contributed by atoms with E-state index in [1.165, 1.54) is 0 Å². The number of nitrogens with one attached hydrogen (secondary N) is 1. The van der Waals surface area contributed by atoms with Crippen LogP contribution in [0.4, 0.5) is 18.9 Å². The molecule has 0 saturated heterocycles. The van der Waals surface area contributed by atoms with Crippen LogP contribution >= 0.6 is 0 Å². The fraction of sp³-hybridized carbons (Fsp3) is 0.160. The number of alkyl halides is 3. The molecule has 2 aliphatic heterocycles. The van der Waals surface area contributed by atoms with E-state index in [1.54, 1.807) is 4.90 Å². The van der Waals surface area contributed by atoms with Crippen LogP contribution in [0.15, 0.2) is 77.8 Å². The lowest BCUT2D eigenvalue weighted by molar-refractivity contribution is -0.137. The first-order valence-electron chi connectivity index (χ1n) is 10.4. The van der Waals surface area contributed by atoms with E-state index in [-0.39, 0.29) is 11.5 Å². The molecule has 0 bridgehead atoms. The first-order chi connectivity index (χ1) is 15.8. The quantitative estimate of drug-likeness (QED) is 0.652. The van der Waals surface area contributed by atoms with E-state index in [4.69, 9.17) is 0 Å². The number of hydrogen-bond donors (Lipinski definition) is 1. The van der Waals surface area contributed by atoms with Crippen LogP contribution in [-0.2, 0) is 17.4 Å². The van der Waals surface area contributed by atoms with Gasteiger partial charge >= 0.3 is 6.18 Å². The molecular formula is C25H18F3N3O2. The van der Waals surface area contributed by atoms with Crippen LogP contribution in [0.25, 0.3) is 0 Å². The average Bonchev–Trinajstić information content (AvgIpc) is 3.21. The Morgan fingerprint density at radius 1 is 0.970 bits per heavy atom. The summed E-state index contributed by atoms with van der Waals surface area (Å²) in [6.45, 7) is 0.468. The lowest BCUT2D eigenvalue weighted by atomic mass is 9.98. The lowest BCUT2D eigenvalue weighted by Gasteiger charge is -2.21. The van der Waals surface area contributed by atoms with Gasteiger partial charge in [-0.2, -0.15) is 13.2 Å². The zero-order chi connectivity index (χ0) is 23.2. The number of para-hydroxylation sites is 1. The number of hydrogen-bond acceptors (Lipinski definition) is 3. The molecule has 0 aliphatic carbocycles. The van der Waals surface area contributed by atoms with Gasteiger partial charge in [-0.25, -0.2) is 4.99 Å². The van der Waals surface area contributed by atoms with Crippen molar-refractivity contribution in [3.63, 3.8) is 0 Å². The van der Waals surface area contributed by atoms with E-state index in [0.717, 1.165) is 46.6 Å². The maximum atomic E-state index is 13.4. The summed E-state index contributed by atoms with van der Waals surface area (Å²) in [7, 11) is 0. The van der Waals surface area contributed by atoms with Gasteiger partial charge < -0.3 is 10.2 Å². The molecule has 1 unspecified atom stereocenters. The van der Waals surface area contributed by atoms with Crippen molar-refractivity contribution in [1.82, 2.24) is 5.32 Å². The second kappa shape index (κ2) is 7.88. The van der Waals surface area contributed by atoms with Gasteiger partial charge in [0.25, 0.3) is 11.8 Å². The Morgan fingerprint density at radius 2 is 1.70 bits per heavy atom. The molecule has 3 aromatic rings. The molecule has 2 aliphatic rings. The van der Waals surface area contributed by atoms with Gasteiger partial charge in [0.1, 0.15) is 0 Å². The molecule has 0 aromatic heterocycles. The van der Waals surface area contributed by atoms with Gasteiger partial charge in [-0.05, 0) is 36.2 Å². The number of anilines is 1. The Bertz CT molecular complexity index is 1270. The standard InChI is InChI=1S/C25H18F3N3O2/c26-25(27,28)18-11-9-17(10-12-18)23(32)30-22-24(33)31-14-13-16-7-4-8-19(21(16)31)20(29-22)15-5-2-1-3-6-15/h1-12,22H,13-14H2,(H,30,32). The predicted octanol–water partition coefficient (Wildman–Crippen LogP) is 4.20. The highest BCUT2D eigenvalue weighted by Gasteiger charge is 2.37. The molecular weight excluding hydrogens is 431 g/mol. The normalized spacial score (nSPS) is 17.3. The number of amides is 2. The number of rotatable bonds is 3. The van der Waals surface area contributed by atoms with E-state index in [9.17, 15) is 22.8 Å². The zero-order valence-corrected chi connectivity index (χ0v) is 17.3. The second-order valence-electron chi connectivity index (χ2n) is 7.85. The van der Waals surface area contributed by atoms with Crippen LogP contribution in [-0.4, -0.2) is 30.2 Å². The molecule has 0 saturated carbocycles. The minimum Gasteiger partial charge on any atom is -0.322 e. The van der Waals surface area contributed by atoms with Crippen LogP contribution in [0.2, 0.25) is 0 Å². The Hall–Kier alpha value is -3.94. The highest BCUT2D eigenvalue weighted by Crippen LogP contribution is 2.36. The summed E-state index contributed by atoms with van der Waals surface area (Å²) in [5, 5.41) is 2.61. The third kappa shape index (κ3) is 3.77. The van der Waals surface area contributed by atoms with Crippen LogP contribution in [0.1, 0.15) is 32.6 Å². The SMILES string of the molecule is O=C(NC1N=C(c2ccccc2)c2cccc3c2N(CC3)C1=O)c1ccc(C(F)(F)F)cc1. The van der Waals surface area contributed by atoms with Crippen LogP contribution < -0.4 is 10.2 Å². The van der Waals surface area contributed by atoms with Gasteiger partial charge in [0.15, 0.2) is 0 Å². The van der Waals surface area contributed by atoms with Crippen molar-refractivity contribution in [2.75, 3.05) is 11.4 Å². The molecule has 0 radical (unpaired) electrons. The van der Waals surface area contributed by atoms with Crippen molar-refractivity contribution in [3.8, 4) is 0 Å². The number of benzene rings is 3. The number of nitrogens with zero attached hydrogens (tertiary/aromatic N) is 2. The summed E-state index contributed by atoms with van der Waals surface area (Å²) in [6, 6.07) is 19.0. The molecule has 8 heteroatoms. The molecule has 33 heavy (non-hydrogen) atoms. The van der Waals surface area contributed by atoms with Gasteiger partial charge in [0, 0.05) is 23.2 Å². The fourth-order valence-electron chi connectivity index (χ4n) is 4.21. The van der Waals surface area contributed by atoms with E-state index in [1.807, 2.05) is 48.5 Å². The summed E-state index contributed by atoms with van der Waals surface area (Å²) in [4.78, 5) is 32.4. The third-order valence-electron chi connectivity index (χ3n) is 5.80. The molecule has 1 N–H and O–H groups in total. The summed E-state index contributed by atoms with van der Waals surface area (Å²) in [5.41, 5.74) is 3.14. The Kier molecular flexibility index (Phi) is 5.00. The summed E-state index contributed by atoms with van der Waals surface area (Å²) >= 11 is 0. The van der Waals surface area contributed by atoms with Crippen molar-refractivity contribution in [1.29, 1.82) is 0 Å². The smallest absolute Gasteiger partial charge is 0.322 e. The number of carbonyl (C=O) groups is 2. The second-order valence-corrected chi connectivity index (χ2v) is 7.85. The van der Waals surface area contributed by atoms with Gasteiger partial charge in [-0.3, -0.25) is 9.59 Å². The number of carbonyl (C=O) groups excluding carboxylic acids is 2. The van der Waals surface area contributed by atoms with Crippen LogP contribution in [0.5, 0.6) is 0 Å². The van der Waals surface area contributed by atoms with Crippen LogP contribution in [0.3, 0.4) is 0 Å². The van der Waals surface area contributed by atoms with Crippen molar-refractivity contribution >= 4 is 23.2 Å². The molecule has 5 nitrogen and oxygen atoms in total. The highest BCUT2D eigenvalue weighted by atomic mass is 19.4. The van der Waals surface area contributed by atoms with Gasteiger partial charge in [0.2, 0.25) is 6.17 Å². The predicted molar refractivity (Wildman–Crippen MR) is 117 cm³/mol. The molecule has 2 amide bonds. The van der Waals surface area contributed by atoms with Gasteiger partial charge in [-0.1, -0.05) is 48.5 Å². The molecule has 1 atom stereocenters. The minimum atomic E-state index is -4.50. The molecule has 0 fully saturated rings. The fourth-order valence-corrected chi connectivity index (χ4v) is 4.21. The first-order valence-corrected chi connectivity index (χ1v) is 10.4. The number of halogens is 3. The summed E-state index contributed by atoms with van der Waals surface area (Å²) < 4.78 is 38.5.